The average molecular weight is 383 g/mol. The van der Waals surface area contributed by atoms with Gasteiger partial charge in [0.1, 0.15) is 5.82 Å². The van der Waals surface area contributed by atoms with Gasteiger partial charge in [0.15, 0.2) is 0 Å². The third-order valence-corrected chi connectivity index (χ3v) is 4.96. The van der Waals surface area contributed by atoms with Crippen molar-refractivity contribution in [1.29, 1.82) is 0 Å². The number of para-hydroxylation sites is 1. The summed E-state index contributed by atoms with van der Waals surface area (Å²) < 4.78 is 14.0. The monoisotopic (exact) mass is 383 g/mol. The van der Waals surface area contributed by atoms with E-state index in [-0.39, 0.29) is 30.5 Å². The predicted molar refractivity (Wildman–Crippen MR) is 110 cm³/mol. The summed E-state index contributed by atoms with van der Waals surface area (Å²) in [5.74, 6) is -0.997. The molecule has 1 aliphatic rings. The molecule has 6 heteroatoms. The Hall–Kier alpha value is -2.89. The van der Waals surface area contributed by atoms with E-state index in [1.54, 1.807) is 12.1 Å². The number of carbonyl (C=O) groups is 2. The van der Waals surface area contributed by atoms with Crippen molar-refractivity contribution >= 4 is 28.9 Å². The Bertz CT molecular complexity index is 817. The molecule has 0 aliphatic carbocycles. The number of hydrogen-bond donors (Lipinski definition) is 1. The standard InChI is InChI=1S/C22H26FN3O2/c1-17(27)26(21-8-4-3-7-20(21)23)16-13-22(28)24-18-9-11-19(12-10-18)25-14-5-2-6-15-25/h3-4,7-12H,2,5-6,13-16H2,1H3,(H,24,28). The molecule has 2 aromatic carbocycles. The first-order valence-electron chi connectivity index (χ1n) is 9.72. The normalized spacial score (nSPS) is 13.9. The van der Waals surface area contributed by atoms with E-state index in [2.05, 4.69) is 10.2 Å². The van der Waals surface area contributed by atoms with Gasteiger partial charge in [0.2, 0.25) is 11.8 Å². The third kappa shape index (κ3) is 5.09. The average Bonchev–Trinajstić information content (AvgIpc) is 2.70. The lowest BCUT2D eigenvalue weighted by atomic mass is 10.1. The van der Waals surface area contributed by atoms with Gasteiger partial charge < -0.3 is 15.1 Å². The van der Waals surface area contributed by atoms with E-state index < -0.39 is 5.82 Å². The number of anilines is 3. The number of nitrogens with one attached hydrogen (secondary N) is 1. The van der Waals surface area contributed by atoms with Gasteiger partial charge in [-0.05, 0) is 55.7 Å². The Kier molecular flexibility index (Phi) is 6.63. The van der Waals surface area contributed by atoms with Crippen LogP contribution in [-0.2, 0) is 9.59 Å². The highest BCUT2D eigenvalue weighted by Crippen LogP contribution is 2.22. The molecule has 0 atom stereocenters. The summed E-state index contributed by atoms with van der Waals surface area (Å²) in [5.41, 5.74) is 2.07. The van der Waals surface area contributed by atoms with Crippen molar-refractivity contribution in [3.63, 3.8) is 0 Å². The van der Waals surface area contributed by atoms with Crippen LogP contribution in [0.4, 0.5) is 21.5 Å². The smallest absolute Gasteiger partial charge is 0.226 e. The van der Waals surface area contributed by atoms with E-state index in [1.807, 2.05) is 24.3 Å². The minimum Gasteiger partial charge on any atom is -0.372 e. The highest BCUT2D eigenvalue weighted by Gasteiger charge is 2.17. The quantitative estimate of drug-likeness (QED) is 0.813. The molecule has 0 bridgehead atoms. The highest BCUT2D eigenvalue weighted by molar-refractivity contribution is 5.95. The predicted octanol–water partition coefficient (Wildman–Crippen LogP) is 4.20. The molecule has 1 saturated heterocycles. The van der Waals surface area contributed by atoms with Gasteiger partial charge in [0, 0.05) is 44.4 Å². The molecule has 0 aromatic heterocycles. The molecule has 1 aliphatic heterocycles. The Morgan fingerprint density at radius 2 is 1.71 bits per heavy atom. The first-order valence-corrected chi connectivity index (χ1v) is 9.72. The molecule has 0 radical (unpaired) electrons. The molecule has 3 rings (SSSR count). The number of carbonyl (C=O) groups excluding carboxylic acids is 2. The maximum atomic E-state index is 14.0. The Labute approximate surface area is 165 Å². The van der Waals surface area contributed by atoms with E-state index in [4.69, 9.17) is 0 Å². The van der Waals surface area contributed by atoms with Gasteiger partial charge in [-0.1, -0.05) is 12.1 Å². The number of amides is 2. The van der Waals surface area contributed by atoms with Crippen LogP contribution in [0.3, 0.4) is 0 Å². The Morgan fingerprint density at radius 1 is 1.04 bits per heavy atom. The molecular formula is C22H26FN3O2. The van der Waals surface area contributed by atoms with Gasteiger partial charge in [-0.2, -0.15) is 0 Å². The number of hydrogen-bond acceptors (Lipinski definition) is 3. The highest BCUT2D eigenvalue weighted by atomic mass is 19.1. The number of benzene rings is 2. The number of rotatable bonds is 6. The number of piperidine rings is 1. The minimum atomic E-state index is -0.480. The minimum absolute atomic E-state index is 0.0851. The van der Waals surface area contributed by atoms with Gasteiger partial charge in [-0.15, -0.1) is 0 Å². The fraction of sp³-hybridized carbons (Fsp3) is 0.364. The largest absolute Gasteiger partial charge is 0.372 e. The van der Waals surface area contributed by atoms with Gasteiger partial charge in [0.05, 0.1) is 5.69 Å². The number of halogens is 1. The molecule has 1 fully saturated rings. The molecule has 2 aromatic rings. The SMILES string of the molecule is CC(=O)N(CCC(=O)Nc1ccc(N2CCCCC2)cc1)c1ccccc1F. The molecule has 0 spiro atoms. The van der Waals surface area contributed by atoms with Crippen molar-refractivity contribution in [3.8, 4) is 0 Å². The summed E-state index contributed by atoms with van der Waals surface area (Å²) in [4.78, 5) is 27.8. The number of nitrogens with zero attached hydrogens (tertiary/aromatic N) is 2. The van der Waals surface area contributed by atoms with Crippen molar-refractivity contribution in [3.05, 3.63) is 54.3 Å². The van der Waals surface area contributed by atoms with Crippen molar-refractivity contribution in [1.82, 2.24) is 0 Å². The molecular weight excluding hydrogens is 357 g/mol. The molecule has 0 saturated carbocycles. The second-order valence-electron chi connectivity index (χ2n) is 7.01. The lowest BCUT2D eigenvalue weighted by molar-refractivity contribution is -0.117. The molecule has 0 unspecified atom stereocenters. The second-order valence-corrected chi connectivity index (χ2v) is 7.01. The van der Waals surface area contributed by atoms with Gasteiger partial charge in [-0.25, -0.2) is 4.39 Å². The summed E-state index contributed by atoms with van der Waals surface area (Å²) >= 11 is 0. The Morgan fingerprint density at radius 3 is 2.36 bits per heavy atom. The fourth-order valence-corrected chi connectivity index (χ4v) is 3.46. The molecule has 5 nitrogen and oxygen atoms in total. The van der Waals surface area contributed by atoms with Crippen LogP contribution in [0.5, 0.6) is 0 Å². The van der Waals surface area contributed by atoms with Crippen LogP contribution in [-0.4, -0.2) is 31.4 Å². The van der Waals surface area contributed by atoms with Crippen LogP contribution in [0.1, 0.15) is 32.6 Å². The van der Waals surface area contributed by atoms with Crippen LogP contribution in [0.15, 0.2) is 48.5 Å². The maximum Gasteiger partial charge on any atom is 0.226 e. The maximum absolute atomic E-state index is 14.0. The Balaban J connectivity index is 1.56. The van der Waals surface area contributed by atoms with E-state index in [0.29, 0.717) is 5.69 Å². The van der Waals surface area contributed by atoms with Crippen LogP contribution < -0.4 is 15.1 Å². The van der Waals surface area contributed by atoms with Crippen molar-refractivity contribution < 1.29 is 14.0 Å². The van der Waals surface area contributed by atoms with Crippen molar-refractivity contribution in [2.45, 2.75) is 32.6 Å². The molecule has 148 valence electrons. The summed E-state index contributed by atoms with van der Waals surface area (Å²) in [6.07, 6.45) is 3.80. The van der Waals surface area contributed by atoms with Crippen LogP contribution in [0.2, 0.25) is 0 Å². The lowest BCUT2D eigenvalue weighted by Crippen LogP contribution is -2.32. The van der Waals surface area contributed by atoms with E-state index >= 15 is 0 Å². The van der Waals surface area contributed by atoms with E-state index in [9.17, 15) is 14.0 Å². The topological polar surface area (TPSA) is 52.7 Å². The van der Waals surface area contributed by atoms with Gasteiger partial charge in [-0.3, -0.25) is 9.59 Å². The zero-order valence-corrected chi connectivity index (χ0v) is 16.2. The zero-order chi connectivity index (χ0) is 19.9. The fourth-order valence-electron chi connectivity index (χ4n) is 3.46. The summed E-state index contributed by atoms with van der Waals surface area (Å²) in [7, 11) is 0. The van der Waals surface area contributed by atoms with Crippen LogP contribution in [0.25, 0.3) is 0 Å². The third-order valence-electron chi connectivity index (χ3n) is 4.96. The molecule has 1 N–H and O–H groups in total. The summed E-state index contributed by atoms with van der Waals surface area (Å²) in [6, 6.07) is 13.9. The lowest BCUT2D eigenvalue weighted by Gasteiger charge is -2.28. The second kappa shape index (κ2) is 9.35. The van der Waals surface area contributed by atoms with E-state index in [0.717, 1.165) is 13.1 Å². The van der Waals surface area contributed by atoms with E-state index in [1.165, 1.54) is 48.9 Å². The van der Waals surface area contributed by atoms with Crippen molar-refractivity contribution in [2.24, 2.45) is 0 Å². The van der Waals surface area contributed by atoms with Crippen LogP contribution in [0, 0.1) is 5.82 Å². The molecule has 28 heavy (non-hydrogen) atoms. The van der Waals surface area contributed by atoms with Gasteiger partial charge >= 0.3 is 0 Å². The van der Waals surface area contributed by atoms with Crippen molar-refractivity contribution in [2.75, 3.05) is 34.8 Å². The first kappa shape index (κ1) is 19.9. The molecule has 1 heterocycles. The summed E-state index contributed by atoms with van der Waals surface area (Å²) in [5, 5.41) is 2.84. The van der Waals surface area contributed by atoms with Crippen LogP contribution >= 0.6 is 0 Å². The summed E-state index contributed by atoms with van der Waals surface area (Å²) in [6.45, 7) is 3.63. The zero-order valence-electron chi connectivity index (χ0n) is 16.2. The van der Waals surface area contributed by atoms with Gasteiger partial charge in [0.25, 0.3) is 0 Å². The first-order chi connectivity index (χ1) is 13.5. The molecule has 2 amide bonds.